The lowest BCUT2D eigenvalue weighted by Gasteiger charge is -2.10. The number of hydrogen-bond donors (Lipinski definition) is 1. The SMILES string of the molecule is Cc1cc(C(=O)COC(=O)Cn2cc(S(N)(=O)=O)cn2)c(C)n1CCc1ccc(Cl)cc1. The van der Waals surface area contributed by atoms with Crippen molar-refractivity contribution in [3.8, 4) is 0 Å². The summed E-state index contributed by atoms with van der Waals surface area (Å²) in [5.74, 6) is -1.05. The van der Waals surface area contributed by atoms with Gasteiger partial charge >= 0.3 is 5.97 Å². The maximum atomic E-state index is 12.6. The number of Topliss-reactive ketones (excluding diaryl/α,β-unsaturated/α-hetero) is 1. The number of sulfonamides is 1. The van der Waals surface area contributed by atoms with Crippen molar-refractivity contribution in [3.63, 3.8) is 0 Å². The molecule has 9 nitrogen and oxygen atoms in total. The zero-order chi connectivity index (χ0) is 23.5. The zero-order valence-corrected chi connectivity index (χ0v) is 19.2. The lowest BCUT2D eigenvalue weighted by Crippen LogP contribution is -2.19. The van der Waals surface area contributed by atoms with Crippen molar-refractivity contribution < 1.29 is 22.7 Å². The molecule has 32 heavy (non-hydrogen) atoms. The van der Waals surface area contributed by atoms with E-state index in [1.165, 1.54) is 0 Å². The van der Waals surface area contributed by atoms with E-state index in [2.05, 4.69) is 5.10 Å². The molecule has 2 N–H and O–H groups in total. The molecular formula is C21H23ClN4O5S. The lowest BCUT2D eigenvalue weighted by molar-refractivity contribution is -0.143. The highest BCUT2D eigenvalue weighted by Crippen LogP contribution is 2.18. The smallest absolute Gasteiger partial charge is 0.328 e. The predicted molar refractivity (Wildman–Crippen MR) is 118 cm³/mol. The van der Waals surface area contributed by atoms with Crippen LogP contribution in [-0.4, -0.2) is 41.1 Å². The molecule has 0 radical (unpaired) electrons. The molecule has 0 amide bonds. The second-order valence-electron chi connectivity index (χ2n) is 7.32. The number of ether oxygens (including phenoxy) is 1. The average molecular weight is 479 g/mol. The number of halogens is 1. The second kappa shape index (κ2) is 9.68. The third-order valence-electron chi connectivity index (χ3n) is 5.00. The van der Waals surface area contributed by atoms with E-state index < -0.39 is 22.6 Å². The summed E-state index contributed by atoms with van der Waals surface area (Å²) < 4.78 is 30.7. The fourth-order valence-electron chi connectivity index (χ4n) is 3.30. The van der Waals surface area contributed by atoms with Crippen LogP contribution in [-0.2, 0) is 39.1 Å². The third kappa shape index (κ3) is 5.84. The van der Waals surface area contributed by atoms with Crippen molar-refractivity contribution >= 4 is 33.4 Å². The summed E-state index contributed by atoms with van der Waals surface area (Å²) in [6.07, 6.45) is 2.93. The Balaban J connectivity index is 1.58. The Morgan fingerprint density at radius 3 is 2.50 bits per heavy atom. The van der Waals surface area contributed by atoms with Gasteiger partial charge in [0.25, 0.3) is 0 Å². The number of aryl methyl sites for hydroxylation is 2. The van der Waals surface area contributed by atoms with Crippen LogP contribution in [0.25, 0.3) is 0 Å². The van der Waals surface area contributed by atoms with Crippen LogP contribution in [0.3, 0.4) is 0 Å². The van der Waals surface area contributed by atoms with Crippen molar-refractivity contribution in [2.45, 2.75) is 38.3 Å². The van der Waals surface area contributed by atoms with E-state index in [1.54, 1.807) is 6.07 Å². The highest BCUT2D eigenvalue weighted by Gasteiger charge is 2.18. The molecule has 0 saturated carbocycles. The van der Waals surface area contributed by atoms with Crippen molar-refractivity contribution in [2.75, 3.05) is 6.61 Å². The van der Waals surface area contributed by atoms with Gasteiger partial charge in [0.2, 0.25) is 15.8 Å². The summed E-state index contributed by atoms with van der Waals surface area (Å²) in [6.45, 7) is 3.69. The number of aromatic nitrogens is 3. The van der Waals surface area contributed by atoms with Crippen molar-refractivity contribution in [2.24, 2.45) is 5.14 Å². The number of esters is 1. The van der Waals surface area contributed by atoms with E-state index in [0.29, 0.717) is 17.1 Å². The van der Waals surface area contributed by atoms with Crippen LogP contribution in [0.4, 0.5) is 0 Å². The molecule has 0 bridgehead atoms. The minimum atomic E-state index is -3.91. The number of hydrogen-bond acceptors (Lipinski definition) is 6. The van der Waals surface area contributed by atoms with Gasteiger partial charge in [0.15, 0.2) is 6.61 Å². The van der Waals surface area contributed by atoms with Crippen molar-refractivity contribution in [3.05, 3.63) is 70.3 Å². The summed E-state index contributed by atoms with van der Waals surface area (Å²) in [7, 11) is -3.91. The number of primary sulfonamides is 1. The van der Waals surface area contributed by atoms with Gasteiger partial charge in [-0.2, -0.15) is 5.10 Å². The van der Waals surface area contributed by atoms with E-state index >= 15 is 0 Å². The topological polar surface area (TPSA) is 126 Å². The average Bonchev–Trinajstić information content (AvgIpc) is 3.30. The first-order chi connectivity index (χ1) is 15.0. The third-order valence-corrected chi connectivity index (χ3v) is 6.12. The molecule has 3 aromatic rings. The number of ketones is 1. The zero-order valence-electron chi connectivity index (χ0n) is 17.6. The van der Waals surface area contributed by atoms with Crippen LogP contribution in [0.2, 0.25) is 5.02 Å². The molecule has 2 aromatic heterocycles. The largest absolute Gasteiger partial charge is 0.456 e. The normalized spacial score (nSPS) is 11.5. The van der Waals surface area contributed by atoms with Crippen molar-refractivity contribution in [1.29, 1.82) is 0 Å². The highest BCUT2D eigenvalue weighted by molar-refractivity contribution is 7.89. The minimum Gasteiger partial charge on any atom is -0.456 e. The number of carbonyl (C=O) groups is 2. The van der Waals surface area contributed by atoms with Gasteiger partial charge in [-0.05, 0) is 44.0 Å². The fourth-order valence-corrected chi connectivity index (χ4v) is 3.89. The Kier molecular flexibility index (Phi) is 7.17. The molecule has 0 aliphatic carbocycles. The first kappa shape index (κ1) is 23.7. The molecule has 0 aliphatic heterocycles. The number of benzene rings is 1. The summed E-state index contributed by atoms with van der Waals surface area (Å²) >= 11 is 5.92. The van der Waals surface area contributed by atoms with Gasteiger partial charge in [-0.25, -0.2) is 13.6 Å². The Morgan fingerprint density at radius 1 is 1.19 bits per heavy atom. The summed E-state index contributed by atoms with van der Waals surface area (Å²) in [4.78, 5) is 24.4. The van der Waals surface area contributed by atoms with E-state index in [9.17, 15) is 18.0 Å². The molecule has 170 valence electrons. The second-order valence-corrected chi connectivity index (χ2v) is 9.31. The molecule has 0 spiro atoms. The maximum Gasteiger partial charge on any atom is 0.328 e. The molecule has 1 aromatic carbocycles. The quantitative estimate of drug-likeness (QED) is 0.371. The Bertz CT molecular complexity index is 1250. The molecule has 0 saturated heterocycles. The van der Waals surface area contributed by atoms with Crippen LogP contribution in [0.5, 0.6) is 0 Å². The first-order valence-electron chi connectivity index (χ1n) is 9.70. The Morgan fingerprint density at radius 2 is 1.88 bits per heavy atom. The summed E-state index contributed by atoms with van der Waals surface area (Å²) in [5.41, 5.74) is 3.34. The van der Waals surface area contributed by atoms with Gasteiger partial charge in [0.1, 0.15) is 11.4 Å². The van der Waals surface area contributed by atoms with Gasteiger partial charge in [0, 0.05) is 34.7 Å². The van der Waals surface area contributed by atoms with Gasteiger partial charge in [-0.3, -0.25) is 14.3 Å². The summed E-state index contributed by atoms with van der Waals surface area (Å²) in [6, 6.07) is 9.39. The van der Waals surface area contributed by atoms with E-state index in [0.717, 1.165) is 40.4 Å². The lowest BCUT2D eigenvalue weighted by atomic mass is 10.1. The molecule has 0 fully saturated rings. The molecule has 0 atom stereocenters. The molecule has 0 unspecified atom stereocenters. The minimum absolute atomic E-state index is 0.215. The molecular weight excluding hydrogens is 456 g/mol. The standard InChI is InChI=1S/C21H23ClN4O5S/c1-14-9-19(15(2)26(14)8-7-16-3-5-17(22)6-4-16)20(27)13-31-21(28)12-25-11-18(10-24-25)32(23,29)30/h3-6,9-11H,7-8,12-13H2,1-2H3,(H2,23,29,30). The number of rotatable bonds is 9. The molecule has 0 aliphatic rings. The molecule has 11 heteroatoms. The fraction of sp³-hybridized carbons (Fsp3) is 0.286. The van der Waals surface area contributed by atoms with Gasteiger partial charge in [0.05, 0.1) is 6.20 Å². The Hall–Kier alpha value is -2.95. The first-order valence-corrected chi connectivity index (χ1v) is 11.6. The predicted octanol–water partition coefficient (Wildman–Crippen LogP) is 2.27. The van der Waals surface area contributed by atoms with Gasteiger partial charge in [-0.1, -0.05) is 23.7 Å². The van der Waals surface area contributed by atoms with Crippen LogP contribution in [0, 0.1) is 13.8 Å². The summed E-state index contributed by atoms with van der Waals surface area (Å²) in [5, 5.41) is 9.43. The number of nitrogens with two attached hydrogens (primary N) is 1. The van der Waals surface area contributed by atoms with Crippen LogP contribution < -0.4 is 5.14 Å². The number of nitrogens with zero attached hydrogens (tertiary/aromatic N) is 3. The van der Waals surface area contributed by atoms with E-state index in [-0.39, 0.29) is 17.2 Å². The van der Waals surface area contributed by atoms with Crippen LogP contribution in [0.1, 0.15) is 27.3 Å². The molecule has 3 rings (SSSR count). The van der Waals surface area contributed by atoms with Gasteiger partial charge < -0.3 is 9.30 Å². The molecule has 2 heterocycles. The number of carbonyl (C=O) groups excluding carboxylic acids is 2. The van der Waals surface area contributed by atoms with Gasteiger partial charge in [-0.15, -0.1) is 0 Å². The highest BCUT2D eigenvalue weighted by atomic mass is 35.5. The van der Waals surface area contributed by atoms with Crippen molar-refractivity contribution in [1.82, 2.24) is 14.3 Å². The maximum absolute atomic E-state index is 12.6. The van der Waals surface area contributed by atoms with Crippen LogP contribution >= 0.6 is 11.6 Å². The van der Waals surface area contributed by atoms with E-state index in [1.807, 2.05) is 42.7 Å². The Labute approximate surface area is 190 Å². The monoisotopic (exact) mass is 478 g/mol. The van der Waals surface area contributed by atoms with E-state index in [4.69, 9.17) is 21.5 Å². The van der Waals surface area contributed by atoms with Crippen LogP contribution in [0.15, 0.2) is 47.6 Å².